The Hall–Kier alpha value is -1.15. The third kappa shape index (κ3) is 2.66. The van der Waals surface area contributed by atoms with Crippen molar-refractivity contribution in [3.8, 4) is 0 Å². The van der Waals surface area contributed by atoms with Crippen molar-refractivity contribution in [1.82, 2.24) is 4.90 Å². The van der Waals surface area contributed by atoms with Gasteiger partial charge in [-0.15, -0.1) is 0 Å². The molecule has 1 saturated heterocycles. The molecule has 1 heterocycles. The Balaban J connectivity index is 1.38. The molecule has 3 aliphatic carbocycles. The number of benzene rings is 1. The van der Waals surface area contributed by atoms with Crippen LogP contribution in [-0.2, 0) is 6.42 Å². The smallest absolute Gasteiger partial charge is 0.123 e. The fourth-order valence-corrected chi connectivity index (χ4v) is 4.75. The van der Waals surface area contributed by atoms with Crippen LogP contribution in [0.1, 0.15) is 24.8 Å². The van der Waals surface area contributed by atoms with Crippen LogP contribution in [0.15, 0.2) is 36.4 Å². The number of halogens is 1. The molecule has 4 atom stereocenters. The third-order valence-electron chi connectivity index (χ3n) is 5.90. The summed E-state index contributed by atoms with van der Waals surface area (Å²) in [5.74, 6) is 3.34. The van der Waals surface area contributed by atoms with Gasteiger partial charge in [0.15, 0.2) is 0 Å². The van der Waals surface area contributed by atoms with Crippen LogP contribution >= 0.6 is 0 Å². The summed E-state index contributed by atoms with van der Waals surface area (Å²) >= 11 is 0. The van der Waals surface area contributed by atoms with Gasteiger partial charge in [-0.2, -0.15) is 0 Å². The highest BCUT2D eigenvalue weighted by atomic mass is 19.1. The summed E-state index contributed by atoms with van der Waals surface area (Å²) in [4.78, 5) is 2.65. The minimum atomic E-state index is -0.134. The first kappa shape index (κ1) is 13.5. The van der Waals surface area contributed by atoms with Gasteiger partial charge in [0.2, 0.25) is 0 Å². The molecule has 0 radical (unpaired) electrons. The minimum Gasteiger partial charge on any atom is -0.302 e. The van der Waals surface area contributed by atoms with E-state index in [-0.39, 0.29) is 5.82 Å². The first-order valence-corrected chi connectivity index (χ1v) is 8.45. The summed E-state index contributed by atoms with van der Waals surface area (Å²) in [5.41, 5.74) is 1.25. The van der Waals surface area contributed by atoms with Crippen molar-refractivity contribution in [3.05, 3.63) is 47.8 Å². The van der Waals surface area contributed by atoms with E-state index in [4.69, 9.17) is 0 Å². The van der Waals surface area contributed by atoms with E-state index >= 15 is 0 Å². The van der Waals surface area contributed by atoms with E-state index in [2.05, 4.69) is 17.1 Å². The molecule has 4 unspecified atom stereocenters. The maximum atomic E-state index is 12.9. The molecule has 2 heteroatoms. The molecule has 21 heavy (non-hydrogen) atoms. The zero-order chi connectivity index (χ0) is 14.2. The first-order chi connectivity index (χ1) is 10.3. The van der Waals surface area contributed by atoms with Gasteiger partial charge < -0.3 is 4.90 Å². The second-order valence-corrected chi connectivity index (χ2v) is 7.11. The highest BCUT2D eigenvalue weighted by Gasteiger charge is 2.43. The molecular formula is C19H24FN. The predicted molar refractivity (Wildman–Crippen MR) is 83.5 cm³/mol. The van der Waals surface area contributed by atoms with E-state index in [0.29, 0.717) is 0 Å². The Morgan fingerprint density at radius 1 is 0.952 bits per heavy atom. The second kappa shape index (κ2) is 5.57. The monoisotopic (exact) mass is 285 g/mol. The topological polar surface area (TPSA) is 3.24 Å². The number of rotatable bonds is 3. The minimum absolute atomic E-state index is 0.134. The maximum absolute atomic E-state index is 12.9. The standard InChI is InChI=1S/C19H24FN/c20-17-8-4-14(5-9-17)10-11-21-12-18-15-2-1-3-16(7-6-15)19(18)13-21/h4-9,15-16,18-19H,1-3,10-13H2. The molecule has 1 nitrogen and oxygen atoms in total. The molecule has 0 spiro atoms. The van der Waals surface area contributed by atoms with Crippen LogP contribution in [0.5, 0.6) is 0 Å². The molecule has 112 valence electrons. The fourth-order valence-electron chi connectivity index (χ4n) is 4.75. The number of hydrogen-bond acceptors (Lipinski definition) is 1. The fraction of sp³-hybridized carbons (Fsp3) is 0.579. The van der Waals surface area contributed by atoms with Gasteiger partial charge in [-0.1, -0.05) is 30.7 Å². The first-order valence-electron chi connectivity index (χ1n) is 8.45. The van der Waals surface area contributed by atoms with Crippen molar-refractivity contribution >= 4 is 0 Å². The largest absolute Gasteiger partial charge is 0.302 e. The Morgan fingerprint density at radius 2 is 1.57 bits per heavy atom. The molecule has 2 fully saturated rings. The van der Waals surface area contributed by atoms with E-state index in [1.165, 1.54) is 37.9 Å². The van der Waals surface area contributed by atoms with Crippen LogP contribution in [0.25, 0.3) is 0 Å². The van der Waals surface area contributed by atoms with E-state index in [1.807, 2.05) is 12.1 Å². The summed E-state index contributed by atoms with van der Waals surface area (Å²) in [6.45, 7) is 3.67. The molecule has 0 N–H and O–H groups in total. The van der Waals surface area contributed by atoms with Gasteiger partial charge >= 0.3 is 0 Å². The van der Waals surface area contributed by atoms with Crippen molar-refractivity contribution in [1.29, 1.82) is 0 Å². The molecule has 5 rings (SSSR count). The lowest BCUT2D eigenvalue weighted by Gasteiger charge is -2.30. The molecule has 0 amide bonds. The van der Waals surface area contributed by atoms with Crippen molar-refractivity contribution in [2.45, 2.75) is 25.7 Å². The quantitative estimate of drug-likeness (QED) is 0.761. The Kier molecular flexibility index (Phi) is 3.58. The molecule has 4 aliphatic rings. The van der Waals surface area contributed by atoms with Crippen molar-refractivity contribution < 1.29 is 4.39 Å². The van der Waals surface area contributed by atoms with Gasteiger partial charge in [-0.25, -0.2) is 4.39 Å². The van der Waals surface area contributed by atoms with Crippen LogP contribution < -0.4 is 0 Å². The zero-order valence-electron chi connectivity index (χ0n) is 12.5. The van der Waals surface area contributed by atoms with Crippen LogP contribution in [0, 0.1) is 29.5 Å². The van der Waals surface area contributed by atoms with Gasteiger partial charge in [-0.05, 0) is 60.6 Å². The normalized spacial score (nSPS) is 34.9. The molecule has 1 saturated carbocycles. The van der Waals surface area contributed by atoms with E-state index < -0.39 is 0 Å². The van der Waals surface area contributed by atoms with Gasteiger partial charge in [0.25, 0.3) is 0 Å². The number of likely N-dealkylation sites (tertiary alicyclic amines) is 1. The summed E-state index contributed by atoms with van der Waals surface area (Å²) in [6, 6.07) is 7.00. The number of fused-ring (bicyclic) bond motifs is 2. The summed E-state index contributed by atoms with van der Waals surface area (Å²) < 4.78 is 12.9. The highest BCUT2D eigenvalue weighted by Crippen LogP contribution is 2.46. The molecule has 2 bridgehead atoms. The zero-order valence-corrected chi connectivity index (χ0v) is 12.5. The van der Waals surface area contributed by atoms with E-state index in [1.54, 1.807) is 12.1 Å². The Morgan fingerprint density at radius 3 is 2.19 bits per heavy atom. The van der Waals surface area contributed by atoms with Gasteiger partial charge in [-0.3, -0.25) is 0 Å². The predicted octanol–water partition coefficient (Wildman–Crippen LogP) is 3.90. The lowest BCUT2D eigenvalue weighted by Crippen LogP contribution is -2.27. The average molecular weight is 285 g/mol. The third-order valence-corrected chi connectivity index (χ3v) is 5.90. The van der Waals surface area contributed by atoms with Crippen LogP contribution in [-0.4, -0.2) is 24.5 Å². The number of hydrogen-bond donors (Lipinski definition) is 0. The molecule has 0 aromatic heterocycles. The molecular weight excluding hydrogens is 261 g/mol. The van der Waals surface area contributed by atoms with Gasteiger partial charge in [0.05, 0.1) is 0 Å². The second-order valence-electron chi connectivity index (χ2n) is 7.11. The number of nitrogens with zero attached hydrogens (tertiary/aromatic N) is 1. The van der Waals surface area contributed by atoms with E-state index in [0.717, 1.165) is 36.6 Å². The molecule has 1 aromatic rings. The van der Waals surface area contributed by atoms with Crippen LogP contribution in [0.4, 0.5) is 4.39 Å². The lowest BCUT2D eigenvalue weighted by molar-refractivity contribution is 0.273. The highest BCUT2D eigenvalue weighted by molar-refractivity contribution is 5.17. The van der Waals surface area contributed by atoms with Crippen LogP contribution in [0.2, 0.25) is 0 Å². The lowest BCUT2D eigenvalue weighted by atomic mass is 9.74. The summed E-state index contributed by atoms with van der Waals surface area (Å²) in [7, 11) is 0. The van der Waals surface area contributed by atoms with Crippen LogP contribution in [0.3, 0.4) is 0 Å². The molecule has 1 aromatic carbocycles. The van der Waals surface area contributed by atoms with Gasteiger partial charge in [0, 0.05) is 19.6 Å². The average Bonchev–Trinajstić information content (AvgIpc) is 2.70. The summed E-state index contributed by atoms with van der Waals surface area (Å²) in [5, 5.41) is 0. The van der Waals surface area contributed by atoms with Gasteiger partial charge in [0.1, 0.15) is 5.82 Å². The molecule has 1 aliphatic heterocycles. The van der Waals surface area contributed by atoms with Crippen molar-refractivity contribution in [2.24, 2.45) is 23.7 Å². The maximum Gasteiger partial charge on any atom is 0.123 e. The van der Waals surface area contributed by atoms with Crippen molar-refractivity contribution in [2.75, 3.05) is 19.6 Å². The Bertz CT molecular complexity index is 499. The summed E-state index contributed by atoms with van der Waals surface area (Å²) in [6.07, 6.45) is 10.3. The SMILES string of the molecule is Fc1ccc(CCN2CC3C4C=CC(CCC4)C3C2)cc1. The number of allylic oxidation sites excluding steroid dienone is 2. The van der Waals surface area contributed by atoms with E-state index in [9.17, 15) is 4.39 Å². The Labute approximate surface area is 126 Å². The van der Waals surface area contributed by atoms with Crippen molar-refractivity contribution in [3.63, 3.8) is 0 Å².